The van der Waals surface area contributed by atoms with Gasteiger partial charge in [-0.15, -0.1) is 10.2 Å². The molecule has 31 heavy (non-hydrogen) atoms. The average molecular weight is 435 g/mol. The molecule has 0 bridgehead atoms. The first-order chi connectivity index (χ1) is 14.9. The van der Waals surface area contributed by atoms with Gasteiger partial charge in [-0.1, -0.05) is 23.7 Å². The van der Waals surface area contributed by atoms with Crippen LogP contribution in [0.15, 0.2) is 55.0 Å². The SMILES string of the molecule is Cc1cn(-c2ccc(-c3cc(C)c(N[C@@H](C)c4ccc(Cl)cc4)nn3)nc2CO)cn1. The third kappa shape index (κ3) is 4.57. The number of aryl methyl sites for hydroxylation is 2. The summed E-state index contributed by atoms with van der Waals surface area (Å²) >= 11 is 5.98. The molecule has 0 unspecified atom stereocenters. The summed E-state index contributed by atoms with van der Waals surface area (Å²) in [5.41, 5.74) is 5.58. The molecule has 1 atom stereocenters. The van der Waals surface area contributed by atoms with Crippen molar-refractivity contribution in [1.82, 2.24) is 24.7 Å². The number of rotatable bonds is 6. The van der Waals surface area contributed by atoms with Crippen molar-refractivity contribution in [2.24, 2.45) is 0 Å². The summed E-state index contributed by atoms with van der Waals surface area (Å²) in [4.78, 5) is 8.84. The minimum absolute atomic E-state index is 0.0492. The van der Waals surface area contributed by atoms with Crippen LogP contribution in [-0.4, -0.2) is 29.8 Å². The number of aromatic nitrogens is 5. The zero-order valence-electron chi connectivity index (χ0n) is 17.5. The van der Waals surface area contributed by atoms with Gasteiger partial charge in [-0.2, -0.15) is 0 Å². The van der Waals surface area contributed by atoms with E-state index in [9.17, 15) is 5.11 Å². The first kappa shape index (κ1) is 21.0. The lowest BCUT2D eigenvalue weighted by Crippen LogP contribution is -2.10. The summed E-state index contributed by atoms with van der Waals surface area (Å²) in [5, 5.41) is 22.7. The van der Waals surface area contributed by atoms with E-state index in [4.69, 9.17) is 11.6 Å². The normalized spacial score (nSPS) is 12.0. The second-order valence-corrected chi connectivity index (χ2v) is 7.86. The van der Waals surface area contributed by atoms with Crippen LogP contribution in [0.1, 0.15) is 35.5 Å². The van der Waals surface area contributed by atoms with Gasteiger partial charge in [-0.25, -0.2) is 9.97 Å². The Labute approximate surface area is 185 Å². The van der Waals surface area contributed by atoms with Gasteiger partial charge in [0.2, 0.25) is 0 Å². The van der Waals surface area contributed by atoms with Crippen molar-refractivity contribution in [2.75, 3.05) is 5.32 Å². The number of anilines is 1. The highest BCUT2D eigenvalue weighted by atomic mass is 35.5. The predicted octanol–water partition coefficient (Wildman–Crippen LogP) is 4.66. The van der Waals surface area contributed by atoms with Crippen LogP contribution in [0.4, 0.5) is 5.82 Å². The van der Waals surface area contributed by atoms with E-state index >= 15 is 0 Å². The van der Waals surface area contributed by atoms with Gasteiger partial charge >= 0.3 is 0 Å². The highest BCUT2D eigenvalue weighted by Gasteiger charge is 2.13. The van der Waals surface area contributed by atoms with Crippen LogP contribution in [0.5, 0.6) is 0 Å². The molecule has 4 rings (SSSR count). The van der Waals surface area contributed by atoms with Crippen LogP contribution in [0.2, 0.25) is 5.02 Å². The highest BCUT2D eigenvalue weighted by molar-refractivity contribution is 6.30. The van der Waals surface area contributed by atoms with E-state index in [1.807, 2.05) is 67.1 Å². The van der Waals surface area contributed by atoms with Crippen molar-refractivity contribution in [2.45, 2.75) is 33.4 Å². The van der Waals surface area contributed by atoms with Crippen LogP contribution in [0.25, 0.3) is 17.1 Å². The molecule has 0 aliphatic rings. The lowest BCUT2D eigenvalue weighted by Gasteiger charge is -2.16. The Morgan fingerprint density at radius 3 is 2.48 bits per heavy atom. The monoisotopic (exact) mass is 434 g/mol. The predicted molar refractivity (Wildman–Crippen MR) is 121 cm³/mol. The lowest BCUT2D eigenvalue weighted by atomic mass is 10.1. The molecule has 0 saturated carbocycles. The van der Waals surface area contributed by atoms with Gasteiger partial charge in [0.15, 0.2) is 5.82 Å². The van der Waals surface area contributed by atoms with Gasteiger partial charge in [0.05, 0.1) is 41.7 Å². The van der Waals surface area contributed by atoms with E-state index < -0.39 is 0 Å². The third-order valence-corrected chi connectivity index (χ3v) is 5.31. The molecule has 158 valence electrons. The molecule has 0 amide bonds. The Morgan fingerprint density at radius 1 is 1.06 bits per heavy atom. The number of benzene rings is 1. The molecule has 3 aromatic heterocycles. The van der Waals surface area contributed by atoms with Gasteiger partial charge in [0.1, 0.15) is 5.69 Å². The molecule has 2 N–H and O–H groups in total. The number of nitrogens with zero attached hydrogens (tertiary/aromatic N) is 5. The molecular weight excluding hydrogens is 412 g/mol. The zero-order valence-corrected chi connectivity index (χ0v) is 18.3. The third-order valence-electron chi connectivity index (χ3n) is 5.06. The number of aliphatic hydroxyl groups excluding tert-OH is 1. The van der Waals surface area contributed by atoms with E-state index in [2.05, 4.69) is 32.4 Å². The Hall–Kier alpha value is -3.29. The number of hydrogen-bond donors (Lipinski definition) is 2. The molecule has 0 aliphatic heterocycles. The maximum Gasteiger partial charge on any atom is 0.152 e. The van der Waals surface area contributed by atoms with Crippen LogP contribution >= 0.6 is 11.6 Å². The van der Waals surface area contributed by atoms with Gasteiger partial charge < -0.3 is 15.0 Å². The molecule has 1 aromatic carbocycles. The van der Waals surface area contributed by atoms with Crippen molar-refractivity contribution in [3.63, 3.8) is 0 Å². The lowest BCUT2D eigenvalue weighted by molar-refractivity contribution is 0.276. The molecular formula is C23H23ClN6O. The van der Waals surface area contributed by atoms with E-state index in [0.717, 1.165) is 22.5 Å². The molecule has 0 radical (unpaired) electrons. The highest BCUT2D eigenvalue weighted by Crippen LogP contribution is 2.25. The summed E-state index contributed by atoms with van der Waals surface area (Å²) in [6, 6.07) is 13.5. The number of halogens is 1. The molecule has 3 heterocycles. The molecule has 0 aliphatic carbocycles. The summed E-state index contributed by atoms with van der Waals surface area (Å²) in [6.07, 6.45) is 3.60. The van der Waals surface area contributed by atoms with Gasteiger partial charge in [0, 0.05) is 11.2 Å². The quantitative estimate of drug-likeness (QED) is 0.458. The summed E-state index contributed by atoms with van der Waals surface area (Å²) in [6.45, 7) is 5.76. The van der Waals surface area contributed by atoms with E-state index in [0.29, 0.717) is 27.9 Å². The van der Waals surface area contributed by atoms with Crippen molar-refractivity contribution in [1.29, 1.82) is 0 Å². The fraction of sp³-hybridized carbons (Fsp3) is 0.217. The Morgan fingerprint density at radius 2 is 1.84 bits per heavy atom. The smallest absolute Gasteiger partial charge is 0.152 e. The summed E-state index contributed by atoms with van der Waals surface area (Å²) in [5.74, 6) is 0.707. The first-order valence-electron chi connectivity index (χ1n) is 9.93. The van der Waals surface area contributed by atoms with Crippen molar-refractivity contribution in [3.05, 3.63) is 82.5 Å². The number of nitrogens with one attached hydrogen (secondary N) is 1. The Balaban J connectivity index is 1.58. The number of pyridine rings is 1. The fourth-order valence-corrected chi connectivity index (χ4v) is 3.46. The minimum atomic E-state index is -0.189. The molecule has 0 saturated heterocycles. The fourth-order valence-electron chi connectivity index (χ4n) is 3.33. The van der Waals surface area contributed by atoms with E-state index in [-0.39, 0.29) is 12.6 Å². The molecule has 0 spiro atoms. The number of imidazole rings is 1. The molecule has 0 fully saturated rings. The van der Waals surface area contributed by atoms with Crippen LogP contribution in [-0.2, 0) is 6.61 Å². The Kier molecular flexibility index (Phi) is 5.97. The molecule has 4 aromatic rings. The van der Waals surface area contributed by atoms with Gasteiger partial charge in [0.25, 0.3) is 0 Å². The standard InChI is InChI=1S/C23H23ClN6O/c1-14-10-20(28-29-23(14)26-16(3)17-4-6-18(24)7-5-17)19-8-9-22(21(12-31)27-19)30-11-15(2)25-13-30/h4-11,13,16,31H,12H2,1-3H3,(H,26,29)/t16-/m0/s1. The summed E-state index contributed by atoms with van der Waals surface area (Å²) < 4.78 is 1.85. The van der Waals surface area contributed by atoms with Crippen LogP contribution < -0.4 is 5.32 Å². The zero-order chi connectivity index (χ0) is 22.0. The largest absolute Gasteiger partial charge is 0.390 e. The van der Waals surface area contributed by atoms with E-state index in [1.54, 1.807) is 6.33 Å². The van der Waals surface area contributed by atoms with Crippen molar-refractivity contribution < 1.29 is 5.11 Å². The molecule has 8 heteroatoms. The van der Waals surface area contributed by atoms with Gasteiger partial charge in [-0.05, 0) is 62.2 Å². The minimum Gasteiger partial charge on any atom is -0.390 e. The summed E-state index contributed by atoms with van der Waals surface area (Å²) in [7, 11) is 0. The molecule has 7 nitrogen and oxygen atoms in total. The van der Waals surface area contributed by atoms with Crippen molar-refractivity contribution in [3.8, 4) is 17.1 Å². The van der Waals surface area contributed by atoms with Crippen molar-refractivity contribution >= 4 is 17.4 Å². The second-order valence-electron chi connectivity index (χ2n) is 7.42. The number of hydrogen-bond acceptors (Lipinski definition) is 6. The van der Waals surface area contributed by atoms with E-state index in [1.165, 1.54) is 0 Å². The Bertz CT molecular complexity index is 1210. The van der Waals surface area contributed by atoms with Crippen LogP contribution in [0.3, 0.4) is 0 Å². The first-order valence-corrected chi connectivity index (χ1v) is 10.3. The average Bonchev–Trinajstić information content (AvgIpc) is 3.21. The topological polar surface area (TPSA) is 88.8 Å². The maximum atomic E-state index is 9.83. The maximum absolute atomic E-state index is 9.83. The second kappa shape index (κ2) is 8.83. The van der Waals surface area contributed by atoms with Crippen LogP contribution in [0, 0.1) is 13.8 Å². The number of aliphatic hydroxyl groups is 1. The van der Waals surface area contributed by atoms with Gasteiger partial charge in [-0.3, -0.25) is 0 Å².